The average molecular weight is 901 g/mol. The van der Waals surface area contributed by atoms with Gasteiger partial charge in [0.05, 0.1) is 44.7 Å². The standard InChI is InChI=1S/C64H57N3O/c1-41(2)54-39-56(47-23-16-11-17-24-47)60(40-55(54)46-21-14-10-15-22-46)67-59-26-18-25-53(61(59)66-63(67)57-34-42(3)33-43(4)62(57)68-8)50-35-49(44-19-12-9-13-20-44)36-51(37-50)58-38-48(31-32-65-58)45-27-29-52(30-28-45)64(5,6)7/h9-41H,1-8H3/i5D3,6D3,7D3,27D,28D,29D,30D,31D,32D,38D,41D. The molecule has 0 aliphatic carbocycles. The van der Waals surface area contributed by atoms with Gasteiger partial charge >= 0.3 is 0 Å². The summed E-state index contributed by atoms with van der Waals surface area (Å²) in [4.78, 5) is 10.1. The molecule has 0 radical (unpaired) electrons. The largest absolute Gasteiger partial charge is 0.496 e. The van der Waals surface area contributed by atoms with Crippen molar-refractivity contribution >= 4 is 11.0 Å². The Bertz CT molecular complexity index is 4200. The van der Waals surface area contributed by atoms with Crippen molar-refractivity contribution in [3.63, 3.8) is 0 Å². The Kier molecular flexibility index (Phi) is 7.56. The molecule has 4 heteroatoms. The van der Waals surface area contributed by atoms with Crippen LogP contribution in [0, 0.1) is 13.8 Å². The fourth-order valence-electron chi connectivity index (χ4n) is 8.96. The average Bonchev–Trinajstić information content (AvgIpc) is 1.18. The Balaban J connectivity index is 1.29. The summed E-state index contributed by atoms with van der Waals surface area (Å²) in [6.07, 6.45) is -0.743. The Morgan fingerprint density at radius 3 is 1.90 bits per heavy atom. The van der Waals surface area contributed by atoms with E-state index in [1.54, 1.807) is 19.2 Å². The van der Waals surface area contributed by atoms with Crippen LogP contribution in [-0.2, 0) is 5.41 Å². The highest BCUT2D eigenvalue weighted by Gasteiger charge is 2.26. The Morgan fingerprint density at radius 1 is 0.588 bits per heavy atom. The van der Waals surface area contributed by atoms with Gasteiger partial charge in [-0.1, -0.05) is 168 Å². The summed E-state index contributed by atoms with van der Waals surface area (Å²) in [7, 11) is 1.62. The van der Waals surface area contributed by atoms with Crippen LogP contribution in [-0.4, -0.2) is 21.6 Å². The topological polar surface area (TPSA) is 39.9 Å². The number of rotatable bonds is 10. The first-order valence-electron chi connectivity index (χ1n) is 30.7. The molecule has 0 atom stereocenters. The first-order chi connectivity index (χ1) is 39.9. The van der Waals surface area contributed by atoms with Crippen LogP contribution in [0.2, 0.25) is 0 Å². The fourth-order valence-corrected chi connectivity index (χ4v) is 8.96. The summed E-state index contributed by atoms with van der Waals surface area (Å²) in [5.74, 6) is 0.0876. The van der Waals surface area contributed by atoms with Crippen molar-refractivity contribution in [2.24, 2.45) is 0 Å². The minimum Gasteiger partial charge on any atom is -0.496 e. The smallest absolute Gasteiger partial charge is 0.149 e. The summed E-state index contributed by atoms with van der Waals surface area (Å²) >= 11 is 0. The molecule has 4 nitrogen and oxygen atoms in total. The first kappa shape index (κ1) is 28.4. The van der Waals surface area contributed by atoms with Gasteiger partial charge in [0.25, 0.3) is 0 Å². The number of fused-ring (bicyclic) bond motifs is 1. The summed E-state index contributed by atoms with van der Waals surface area (Å²) in [6, 6.07) is 42.3. The predicted octanol–water partition coefficient (Wildman–Crippen LogP) is 17.1. The molecule has 0 N–H and O–H groups in total. The highest BCUT2D eigenvalue weighted by molar-refractivity contribution is 5.99. The van der Waals surface area contributed by atoms with Crippen LogP contribution >= 0.6 is 0 Å². The number of aryl methyl sites for hydroxylation is 2. The summed E-state index contributed by atoms with van der Waals surface area (Å²) in [5, 5.41) is 0. The second-order valence-corrected chi connectivity index (χ2v) is 17.1. The number of hydrogen-bond acceptors (Lipinski definition) is 3. The van der Waals surface area contributed by atoms with E-state index in [0.717, 1.165) is 50.2 Å². The van der Waals surface area contributed by atoms with E-state index in [9.17, 15) is 5.48 Å². The van der Waals surface area contributed by atoms with E-state index in [4.69, 9.17) is 27.5 Å². The van der Waals surface area contributed by atoms with Gasteiger partial charge in [0, 0.05) is 36.6 Å². The van der Waals surface area contributed by atoms with Crippen molar-refractivity contribution in [2.45, 2.75) is 59.6 Å². The second kappa shape index (κ2) is 18.1. The molecule has 10 rings (SSSR count). The molecular formula is C64H57N3O. The van der Waals surface area contributed by atoms with Gasteiger partial charge in [0.2, 0.25) is 0 Å². The SMILES string of the molecule is [2H]c1nc(-c2cc(-c3ccccc3)cc(-c3cccc4c3nc(-c3cc(C)cc(C)c3OC)n4-c3cc(-c4ccccc4)c(C([2H])(C)C)cc3-c3ccccc3)c2)c([2H])c(-c2c([2H])c([2H])c(C(C([2H])([2H])[2H])(C([2H])([2H])[2H])C([2H])([2H])[2H])c([2H])c2[2H])c1[2H]. The number of para-hydroxylation sites is 1. The van der Waals surface area contributed by atoms with E-state index in [1.807, 2.05) is 155 Å². The zero-order valence-electron chi connectivity index (χ0n) is 55.2. The lowest BCUT2D eigenvalue weighted by molar-refractivity contribution is 0.413. The molecule has 2 aromatic heterocycles. The minimum absolute atomic E-state index is 0.217. The van der Waals surface area contributed by atoms with Crippen LogP contribution in [0.15, 0.2) is 194 Å². The number of pyridine rings is 1. The first-order valence-corrected chi connectivity index (χ1v) is 22.2. The zero-order chi connectivity index (χ0) is 61.6. The van der Waals surface area contributed by atoms with Gasteiger partial charge in [-0.2, -0.15) is 0 Å². The van der Waals surface area contributed by atoms with Gasteiger partial charge < -0.3 is 4.74 Å². The quantitative estimate of drug-likeness (QED) is 0.137. The van der Waals surface area contributed by atoms with E-state index in [0.29, 0.717) is 44.9 Å². The molecule has 0 spiro atoms. The molecule has 0 aliphatic rings. The summed E-state index contributed by atoms with van der Waals surface area (Å²) in [5.41, 5.74) is 4.56. The monoisotopic (exact) mass is 901 g/mol. The van der Waals surface area contributed by atoms with Crippen molar-refractivity contribution < 1.29 is 28.0 Å². The van der Waals surface area contributed by atoms with E-state index in [-0.39, 0.29) is 11.3 Å². The molecule has 0 saturated heterocycles. The van der Waals surface area contributed by atoms with E-state index in [1.165, 1.54) is 0 Å². The van der Waals surface area contributed by atoms with E-state index >= 15 is 0 Å². The second-order valence-electron chi connectivity index (χ2n) is 17.1. The van der Waals surface area contributed by atoms with Gasteiger partial charge in [-0.15, -0.1) is 0 Å². The van der Waals surface area contributed by atoms with Crippen LogP contribution in [0.25, 0.3) is 95.0 Å². The van der Waals surface area contributed by atoms with Crippen LogP contribution in [0.5, 0.6) is 5.75 Å². The molecule has 0 bridgehead atoms. The zero-order valence-corrected chi connectivity index (χ0v) is 38.2. The van der Waals surface area contributed by atoms with Gasteiger partial charge in [-0.25, -0.2) is 4.98 Å². The van der Waals surface area contributed by atoms with Gasteiger partial charge in [-0.3, -0.25) is 9.55 Å². The lowest BCUT2D eigenvalue weighted by Crippen LogP contribution is -2.10. The van der Waals surface area contributed by atoms with Gasteiger partial charge in [0.1, 0.15) is 11.6 Å². The highest BCUT2D eigenvalue weighted by atomic mass is 16.5. The lowest BCUT2D eigenvalue weighted by Gasteiger charge is -2.22. The van der Waals surface area contributed by atoms with Crippen molar-refractivity contribution in [1.82, 2.24) is 14.5 Å². The third-order valence-electron chi connectivity index (χ3n) is 12.1. The van der Waals surface area contributed by atoms with Crippen molar-refractivity contribution in [3.05, 3.63) is 216 Å². The number of aromatic nitrogens is 3. The maximum atomic E-state index is 9.80. The maximum Gasteiger partial charge on any atom is 0.149 e. The van der Waals surface area contributed by atoms with Gasteiger partial charge in [0.15, 0.2) is 0 Å². The Morgan fingerprint density at radius 2 is 1.24 bits per heavy atom. The van der Waals surface area contributed by atoms with E-state index < -0.39 is 91.0 Å². The molecule has 0 amide bonds. The number of hydrogen-bond donors (Lipinski definition) is 0. The molecule has 0 saturated carbocycles. The minimum atomic E-state index is -3.94. The van der Waals surface area contributed by atoms with Crippen LogP contribution < -0.4 is 4.74 Å². The molecule has 334 valence electrons. The van der Waals surface area contributed by atoms with Crippen LogP contribution in [0.4, 0.5) is 0 Å². The number of ether oxygens (including phenoxy) is 1. The third-order valence-corrected chi connectivity index (χ3v) is 12.1. The van der Waals surface area contributed by atoms with Crippen molar-refractivity contribution in [2.75, 3.05) is 7.11 Å². The normalized spacial score (nSPS) is 16.0. The Hall–Kier alpha value is -7.82. The molecule has 2 heterocycles. The predicted molar refractivity (Wildman–Crippen MR) is 286 cm³/mol. The molecule has 8 aromatic carbocycles. The number of methoxy groups -OCH3 is 1. The third kappa shape index (κ3) is 8.43. The molecule has 68 heavy (non-hydrogen) atoms. The van der Waals surface area contributed by atoms with Crippen molar-refractivity contribution in [3.8, 4) is 89.7 Å². The molecule has 0 unspecified atom stereocenters. The maximum absolute atomic E-state index is 9.80. The number of imidazole rings is 1. The van der Waals surface area contributed by atoms with Gasteiger partial charge in [-0.05, 0) is 146 Å². The van der Waals surface area contributed by atoms with Crippen molar-refractivity contribution in [1.29, 1.82) is 0 Å². The highest BCUT2D eigenvalue weighted by Crippen LogP contribution is 2.45. The van der Waals surface area contributed by atoms with Crippen LogP contribution in [0.3, 0.4) is 0 Å². The van der Waals surface area contributed by atoms with Crippen LogP contribution in [0.1, 0.15) is 85.9 Å². The summed E-state index contributed by atoms with van der Waals surface area (Å²) in [6.45, 7) is -4.08. The fraction of sp³-hybridized carbons (Fsp3) is 0.156. The number of nitrogens with zero attached hydrogens (tertiary/aromatic N) is 3. The molecule has 0 fully saturated rings. The number of benzene rings is 8. The molecule has 0 aliphatic heterocycles. The summed E-state index contributed by atoms with van der Waals surface area (Å²) < 4.78 is 157. The molecular weight excluding hydrogens is 827 g/mol. The van der Waals surface area contributed by atoms with E-state index in [2.05, 4.69) is 21.7 Å². The Labute approximate surface area is 425 Å². The molecule has 10 aromatic rings. The lowest BCUT2D eigenvalue weighted by atomic mass is 9.86.